The zero-order chi connectivity index (χ0) is 12.1. The van der Waals surface area contributed by atoms with Crippen LogP contribution in [-0.2, 0) is 11.2 Å². The lowest BCUT2D eigenvalue weighted by molar-refractivity contribution is -0.116. The van der Waals surface area contributed by atoms with E-state index >= 15 is 0 Å². The summed E-state index contributed by atoms with van der Waals surface area (Å²) in [6.45, 7) is 0. The van der Waals surface area contributed by atoms with Gasteiger partial charge in [-0.1, -0.05) is 0 Å². The molecule has 0 saturated carbocycles. The number of anilines is 1. The third-order valence-corrected chi connectivity index (χ3v) is 2.30. The normalized spacial score (nSPS) is 10.2. The molecule has 88 valence electrons. The van der Waals surface area contributed by atoms with Crippen LogP contribution in [0.5, 0.6) is 0 Å². The molecule has 17 heavy (non-hydrogen) atoms. The van der Waals surface area contributed by atoms with E-state index in [1.54, 1.807) is 12.5 Å². The Balaban J connectivity index is 1.83. The molecular formula is C12H12FN3O. The first-order valence-corrected chi connectivity index (χ1v) is 5.27. The molecular weight excluding hydrogens is 221 g/mol. The van der Waals surface area contributed by atoms with Gasteiger partial charge >= 0.3 is 0 Å². The van der Waals surface area contributed by atoms with E-state index in [-0.39, 0.29) is 11.7 Å². The second-order valence-electron chi connectivity index (χ2n) is 3.63. The average molecular weight is 233 g/mol. The van der Waals surface area contributed by atoms with Crippen molar-refractivity contribution in [3.8, 4) is 0 Å². The second-order valence-corrected chi connectivity index (χ2v) is 3.63. The second kappa shape index (κ2) is 5.25. The minimum absolute atomic E-state index is 0.105. The molecule has 0 aliphatic rings. The van der Waals surface area contributed by atoms with Crippen molar-refractivity contribution in [1.29, 1.82) is 0 Å². The molecule has 0 aliphatic carbocycles. The van der Waals surface area contributed by atoms with Crippen molar-refractivity contribution < 1.29 is 9.18 Å². The SMILES string of the molecule is O=C(CCc1cnc[nH]1)Nc1ccc(F)cc1. The van der Waals surface area contributed by atoms with Crippen molar-refractivity contribution >= 4 is 11.6 Å². The van der Waals surface area contributed by atoms with Crippen molar-refractivity contribution in [2.24, 2.45) is 0 Å². The average Bonchev–Trinajstić information content (AvgIpc) is 2.83. The van der Waals surface area contributed by atoms with E-state index in [2.05, 4.69) is 15.3 Å². The Labute approximate surface area is 97.9 Å². The summed E-state index contributed by atoms with van der Waals surface area (Å²) >= 11 is 0. The maximum atomic E-state index is 12.6. The topological polar surface area (TPSA) is 57.8 Å². The van der Waals surface area contributed by atoms with E-state index in [0.29, 0.717) is 18.5 Å². The molecule has 0 fully saturated rings. The number of H-pyrrole nitrogens is 1. The van der Waals surface area contributed by atoms with Crippen molar-refractivity contribution in [1.82, 2.24) is 9.97 Å². The van der Waals surface area contributed by atoms with Gasteiger partial charge in [0.15, 0.2) is 0 Å². The predicted molar refractivity (Wildman–Crippen MR) is 61.9 cm³/mol. The molecule has 0 saturated heterocycles. The lowest BCUT2D eigenvalue weighted by atomic mass is 10.2. The summed E-state index contributed by atoms with van der Waals surface area (Å²) in [6, 6.07) is 5.68. The number of aryl methyl sites for hydroxylation is 1. The largest absolute Gasteiger partial charge is 0.348 e. The number of carbonyl (C=O) groups excluding carboxylic acids is 1. The third kappa shape index (κ3) is 3.41. The minimum Gasteiger partial charge on any atom is -0.348 e. The van der Waals surface area contributed by atoms with Gasteiger partial charge in [0, 0.05) is 24.0 Å². The number of aromatic amines is 1. The van der Waals surface area contributed by atoms with Gasteiger partial charge < -0.3 is 10.3 Å². The van der Waals surface area contributed by atoms with Crippen LogP contribution in [0.4, 0.5) is 10.1 Å². The Morgan fingerprint density at radius 1 is 1.35 bits per heavy atom. The van der Waals surface area contributed by atoms with E-state index < -0.39 is 0 Å². The molecule has 0 spiro atoms. The van der Waals surface area contributed by atoms with Crippen molar-refractivity contribution in [2.75, 3.05) is 5.32 Å². The Morgan fingerprint density at radius 3 is 2.76 bits per heavy atom. The van der Waals surface area contributed by atoms with Crippen LogP contribution < -0.4 is 5.32 Å². The number of amides is 1. The first-order chi connectivity index (χ1) is 8.24. The number of nitrogens with zero attached hydrogens (tertiary/aromatic N) is 1. The highest BCUT2D eigenvalue weighted by Gasteiger charge is 2.03. The summed E-state index contributed by atoms with van der Waals surface area (Å²) < 4.78 is 12.6. The summed E-state index contributed by atoms with van der Waals surface area (Å²) in [6.07, 6.45) is 4.23. The number of nitrogens with one attached hydrogen (secondary N) is 2. The number of halogens is 1. The summed E-state index contributed by atoms with van der Waals surface area (Å²) in [7, 11) is 0. The van der Waals surface area contributed by atoms with Gasteiger partial charge in [-0.05, 0) is 30.7 Å². The van der Waals surface area contributed by atoms with Gasteiger partial charge in [0.25, 0.3) is 0 Å². The van der Waals surface area contributed by atoms with Gasteiger partial charge in [-0.2, -0.15) is 0 Å². The molecule has 2 N–H and O–H groups in total. The molecule has 0 bridgehead atoms. The van der Waals surface area contributed by atoms with Crippen LogP contribution in [0.2, 0.25) is 0 Å². The minimum atomic E-state index is -0.319. The van der Waals surface area contributed by atoms with Gasteiger partial charge in [0.05, 0.1) is 6.33 Å². The van der Waals surface area contributed by atoms with E-state index in [4.69, 9.17) is 0 Å². The summed E-state index contributed by atoms with van der Waals surface area (Å²) in [5.41, 5.74) is 1.51. The number of hydrogen-bond acceptors (Lipinski definition) is 2. The number of imidazole rings is 1. The van der Waals surface area contributed by atoms with E-state index in [1.807, 2.05) is 0 Å². The molecule has 1 aromatic heterocycles. The van der Waals surface area contributed by atoms with Crippen LogP contribution in [-0.4, -0.2) is 15.9 Å². The smallest absolute Gasteiger partial charge is 0.224 e. The van der Waals surface area contributed by atoms with E-state index in [1.165, 1.54) is 24.3 Å². The van der Waals surface area contributed by atoms with Gasteiger partial charge in [-0.15, -0.1) is 0 Å². The van der Waals surface area contributed by atoms with Crippen molar-refractivity contribution in [3.05, 3.63) is 48.3 Å². The predicted octanol–water partition coefficient (Wildman–Crippen LogP) is 2.12. The molecule has 0 atom stereocenters. The number of rotatable bonds is 4. The third-order valence-electron chi connectivity index (χ3n) is 2.30. The molecule has 4 nitrogen and oxygen atoms in total. The molecule has 1 heterocycles. The molecule has 2 rings (SSSR count). The number of carbonyl (C=O) groups is 1. The first-order valence-electron chi connectivity index (χ1n) is 5.27. The van der Waals surface area contributed by atoms with Crippen LogP contribution in [0.25, 0.3) is 0 Å². The van der Waals surface area contributed by atoms with E-state index in [9.17, 15) is 9.18 Å². The highest BCUT2D eigenvalue weighted by atomic mass is 19.1. The van der Waals surface area contributed by atoms with Crippen LogP contribution in [0.15, 0.2) is 36.8 Å². The summed E-state index contributed by atoms with van der Waals surface area (Å²) in [5.74, 6) is -0.424. The molecule has 1 aromatic carbocycles. The van der Waals surface area contributed by atoms with Gasteiger partial charge in [0.2, 0.25) is 5.91 Å². The summed E-state index contributed by atoms with van der Waals surface area (Å²) in [5, 5.41) is 2.69. The zero-order valence-corrected chi connectivity index (χ0v) is 9.11. The lowest BCUT2D eigenvalue weighted by Crippen LogP contribution is -2.12. The summed E-state index contributed by atoms with van der Waals surface area (Å²) in [4.78, 5) is 18.3. The van der Waals surface area contributed by atoms with Crippen LogP contribution in [0.3, 0.4) is 0 Å². The van der Waals surface area contributed by atoms with Gasteiger partial charge in [-0.3, -0.25) is 4.79 Å². The monoisotopic (exact) mass is 233 g/mol. The van der Waals surface area contributed by atoms with Crippen molar-refractivity contribution in [2.45, 2.75) is 12.8 Å². The highest BCUT2D eigenvalue weighted by Crippen LogP contribution is 2.09. The molecule has 2 aromatic rings. The van der Waals surface area contributed by atoms with Gasteiger partial charge in [-0.25, -0.2) is 9.37 Å². The number of hydrogen-bond donors (Lipinski definition) is 2. The standard InChI is InChI=1S/C12H12FN3O/c13-9-1-3-10(4-2-9)16-12(17)6-5-11-7-14-8-15-11/h1-4,7-8H,5-6H2,(H,14,15)(H,16,17). The molecule has 5 heteroatoms. The Bertz CT molecular complexity index is 479. The molecule has 0 radical (unpaired) electrons. The van der Waals surface area contributed by atoms with Crippen LogP contribution in [0, 0.1) is 5.82 Å². The highest BCUT2D eigenvalue weighted by molar-refractivity contribution is 5.90. The Hall–Kier alpha value is -2.17. The molecule has 0 unspecified atom stereocenters. The Morgan fingerprint density at radius 2 is 2.12 bits per heavy atom. The quantitative estimate of drug-likeness (QED) is 0.849. The van der Waals surface area contributed by atoms with Crippen molar-refractivity contribution in [3.63, 3.8) is 0 Å². The Kier molecular flexibility index (Phi) is 3.49. The fourth-order valence-electron chi connectivity index (χ4n) is 1.43. The maximum absolute atomic E-state index is 12.6. The number of benzene rings is 1. The van der Waals surface area contributed by atoms with Gasteiger partial charge in [0.1, 0.15) is 5.82 Å². The molecule has 0 aliphatic heterocycles. The van der Waals surface area contributed by atoms with Crippen LogP contribution in [0.1, 0.15) is 12.1 Å². The maximum Gasteiger partial charge on any atom is 0.224 e. The first kappa shape index (κ1) is 11.3. The lowest BCUT2D eigenvalue weighted by Gasteiger charge is -2.04. The molecule has 1 amide bonds. The van der Waals surface area contributed by atoms with Crippen LogP contribution >= 0.6 is 0 Å². The fourth-order valence-corrected chi connectivity index (χ4v) is 1.43. The zero-order valence-electron chi connectivity index (χ0n) is 9.11. The van der Waals surface area contributed by atoms with E-state index in [0.717, 1.165) is 5.69 Å². The number of aromatic nitrogens is 2. The fraction of sp³-hybridized carbons (Fsp3) is 0.167.